The van der Waals surface area contributed by atoms with Gasteiger partial charge in [-0.15, -0.1) is 0 Å². The van der Waals surface area contributed by atoms with Gasteiger partial charge in [-0.1, -0.05) is 12.1 Å². The second-order valence-corrected chi connectivity index (χ2v) is 6.90. The van der Waals surface area contributed by atoms with E-state index in [-0.39, 0.29) is 0 Å². The van der Waals surface area contributed by atoms with Crippen molar-refractivity contribution in [2.75, 3.05) is 23.8 Å². The number of hydrogen-bond acceptors (Lipinski definition) is 4. The smallest absolute Gasteiger partial charge is 0.0686 e. The zero-order valence-electron chi connectivity index (χ0n) is 13.2. The number of aromatic nitrogens is 2. The zero-order valence-corrected chi connectivity index (χ0v) is 13.2. The molecule has 0 amide bonds. The maximum absolute atomic E-state index is 6.32. The summed E-state index contributed by atoms with van der Waals surface area (Å²) in [7, 11) is 0. The van der Waals surface area contributed by atoms with Crippen molar-refractivity contribution >= 4 is 11.4 Å². The van der Waals surface area contributed by atoms with Crippen LogP contribution in [0.3, 0.4) is 0 Å². The van der Waals surface area contributed by atoms with E-state index in [0.29, 0.717) is 12.1 Å². The molecule has 120 valence electrons. The van der Waals surface area contributed by atoms with E-state index in [9.17, 15) is 0 Å². The molecule has 1 saturated carbocycles. The molecule has 0 spiro atoms. The molecule has 2 fully saturated rings. The van der Waals surface area contributed by atoms with Crippen molar-refractivity contribution in [2.45, 2.75) is 44.3 Å². The second-order valence-electron chi connectivity index (χ2n) is 6.90. The summed E-state index contributed by atoms with van der Waals surface area (Å²) in [6.07, 6.45) is 6.69. The van der Waals surface area contributed by atoms with E-state index in [0.717, 1.165) is 38.3 Å². The van der Waals surface area contributed by atoms with Crippen molar-refractivity contribution in [3.8, 4) is 11.1 Å². The van der Waals surface area contributed by atoms with Crippen molar-refractivity contribution in [1.29, 1.82) is 0 Å². The molecule has 0 unspecified atom stereocenters. The summed E-state index contributed by atoms with van der Waals surface area (Å²) in [6, 6.07) is 7.37. The van der Waals surface area contributed by atoms with E-state index in [2.05, 4.69) is 21.7 Å². The second kappa shape index (κ2) is 4.99. The Labute approximate surface area is 136 Å². The highest BCUT2D eigenvalue weighted by Crippen LogP contribution is 2.47. The molecule has 0 bridgehead atoms. The third-order valence-electron chi connectivity index (χ3n) is 5.39. The van der Waals surface area contributed by atoms with Gasteiger partial charge in [-0.25, -0.2) is 0 Å². The molecule has 3 aliphatic rings. The molecule has 5 heteroatoms. The number of nitrogens with zero attached hydrogens (tertiary/aromatic N) is 3. The van der Waals surface area contributed by atoms with Crippen LogP contribution in [0.5, 0.6) is 0 Å². The van der Waals surface area contributed by atoms with Gasteiger partial charge < -0.3 is 15.4 Å². The van der Waals surface area contributed by atoms with Gasteiger partial charge in [0.2, 0.25) is 0 Å². The fourth-order valence-electron chi connectivity index (χ4n) is 4.05. The number of hydrogen-bond donors (Lipinski definition) is 1. The van der Waals surface area contributed by atoms with Crippen LogP contribution >= 0.6 is 0 Å². The standard InChI is InChI=1S/C18H22N4O/c19-16-3-1-2-14-15-10-20-22(13-6-8-23-9-7-13)17(15)11-21(18(14)16)12-4-5-12/h1-3,10,12-13H,4-9,11,19H2. The Morgan fingerprint density at radius 2 is 1.87 bits per heavy atom. The number of rotatable bonds is 2. The average Bonchev–Trinajstić information content (AvgIpc) is 3.34. The predicted molar refractivity (Wildman–Crippen MR) is 90.4 cm³/mol. The number of benzene rings is 1. The summed E-state index contributed by atoms with van der Waals surface area (Å²) in [6.45, 7) is 2.61. The molecule has 2 aromatic rings. The quantitative estimate of drug-likeness (QED) is 0.867. The fraction of sp³-hybridized carbons (Fsp3) is 0.500. The molecule has 3 heterocycles. The molecule has 5 rings (SSSR count). The molecule has 0 radical (unpaired) electrons. The zero-order chi connectivity index (χ0) is 15.4. The van der Waals surface area contributed by atoms with E-state index in [1.165, 1.54) is 35.3 Å². The molecule has 5 nitrogen and oxygen atoms in total. The van der Waals surface area contributed by atoms with Gasteiger partial charge in [0.05, 0.1) is 35.9 Å². The lowest BCUT2D eigenvalue weighted by Gasteiger charge is -2.34. The highest BCUT2D eigenvalue weighted by Gasteiger charge is 2.37. The Kier molecular flexibility index (Phi) is 2.92. The number of para-hydroxylation sites is 1. The molecule has 1 saturated heterocycles. The van der Waals surface area contributed by atoms with Gasteiger partial charge in [0.1, 0.15) is 0 Å². The number of nitrogen functional groups attached to an aromatic ring is 1. The van der Waals surface area contributed by atoms with Crippen LogP contribution in [0.4, 0.5) is 11.4 Å². The molecule has 1 aromatic carbocycles. The third-order valence-corrected chi connectivity index (χ3v) is 5.39. The first-order valence-electron chi connectivity index (χ1n) is 8.62. The lowest BCUT2D eigenvalue weighted by molar-refractivity contribution is 0.0654. The normalized spacial score (nSPS) is 21.1. The van der Waals surface area contributed by atoms with Crippen LogP contribution in [0.15, 0.2) is 24.4 Å². The Bertz CT molecular complexity index is 743. The molecular formula is C18H22N4O. The van der Waals surface area contributed by atoms with Crippen molar-refractivity contribution in [2.24, 2.45) is 0 Å². The van der Waals surface area contributed by atoms with E-state index < -0.39 is 0 Å². The Morgan fingerprint density at radius 3 is 2.65 bits per heavy atom. The van der Waals surface area contributed by atoms with Gasteiger partial charge >= 0.3 is 0 Å². The molecule has 1 aliphatic carbocycles. The minimum absolute atomic E-state index is 0.469. The molecule has 23 heavy (non-hydrogen) atoms. The largest absolute Gasteiger partial charge is 0.397 e. The number of anilines is 2. The molecular weight excluding hydrogens is 288 g/mol. The van der Waals surface area contributed by atoms with Gasteiger partial charge in [-0.2, -0.15) is 5.10 Å². The molecule has 1 aromatic heterocycles. The van der Waals surface area contributed by atoms with Crippen molar-refractivity contribution in [1.82, 2.24) is 9.78 Å². The van der Waals surface area contributed by atoms with Gasteiger partial charge in [-0.05, 0) is 31.7 Å². The minimum Gasteiger partial charge on any atom is -0.397 e. The first-order valence-corrected chi connectivity index (χ1v) is 8.62. The summed E-state index contributed by atoms with van der Waals surface area (Å²) in [4.78, 5) is 2.50. The third kappa shape index (κ3) is 2.06. The predicted octanol–water partition coefficient (Wildman–Crippen LogP) is 2.97. The minimum atomic E-state index is 0.469. The van der Waals surface area contributed by atoms with E-state index in [4.69, 9.17) is 15.6 Å². The summed E-state index contributed by atoms with van der Waals surface area (Å²) in [5.74, 6) is 0. The van der Waals surface area contributed by atoms with Crippen LogP contribution in [-0.2, 0) is 11.3 Å². The number of fused-ring (bicyclic) bond motifs is 3. The van der Waals surface area contributed by atoms with Crippen LogP contribution in [0.25, 0.3) is 11.1 Å². The first kappa shape index (κ1) is 13.4. The van der Waals surface area contributed by atoms with E-state index in [1.807, 2.05) is 12.3 Å². The van der Waals surface area contributed by atoms with Crippen molar-refractivity contribution in [3.05, 3.63) is 30.1 Å². The number of ether oxygens (including phenoxy) is 1. The average molecular weight is 310 g/mol. The highest BCUT2D eigenvalue weighted by atomic mass is 16.5. The molecule has 2 N–H and O–H groups in total. The maximum Gasteiger partial charge on any atom is 0.0686 e. The van der Waals surface area contributed by atoms with Crippen LogP contribution in [0, 0.1) is 0 Å². The van der Waals surface area contributed by atoms with E-state index >= 15 is 0 Å². The molecule has 2 aliphatic heterocycles. The van der Waals surface area contributed by atoms with Gasteiger partial charge in [0, 0.05) is 30.4 Å². The summed E-state index contributed by atoms with van der Waals surface area (Å²) < 4.78 is 7.78. The van der Waals surface area contributed by atoms with Crippen LogP contribution in [-0.4, -0.2) is 29.0 Å². The maximum atomic E-state index is 6.32. The summed E-state index contributed by atoms with van der Waals surface area (Å²) in [5.41, 5.74) is 12.3. The Morgan fingerprint density at radius 1 is 1.04 bits per heavy atom. The first-order chi connectivity index (χ1) is 11.3. The Balaban J connectivity index is 1.63. The fourth-order valence-corrected chi connectivity index (χ4v) is 4.05. The van der Waals surface area contributed by atoms with Gasteiger partial charge in [0.15, 0.2) is 0 Å². The van der Waals surface area contributed by atoms with Gasteiger partial charge in [0.25, 0.3) is 0 Å². The lowest BCUT2D eigenvalue weighted by Crippen LogP contribution is -2.32. The van der Waals surface area contributed by atoms with Crippen LogP contribution in [0.2, 0.25) is 0 Å². The molecule has 0 atom stereocenters. The Hall–Kier alpha value is -2.01. The van der Waals surface area contributed by atoms with Gasteiger partial charge in [-0.3, -0.25) is 4.68 Å². The summed E-state index contributed by atoms with van der Waals surface area (Å²) in [5, 5.41) is 4.76. The van der Waals surface area contributed by atoms with Crippen molar-refractivity contribution < 1.29 is 4.74 Å². The van der Waals surface area contributed by atoms with Crippen LogP contribution in [0.1, 0.15) is 37.4 Å². The SMILES string of the molecule is Nc1cccc2c1N(C1CC1)Cc1c-2cnn1C1CCOCC1. The topological polar surface area (TPSA) is 56.3 Å². The van der Waals surface area contributed by atoms with E-state index in [1.54, 1.807) is 0 Å². The number of nitrogens with two attached hydrogens (primary N) is 1. The van der Waals surface area contributed by atoms with Crippen molar-refractivity contribution in [3.63, 3.8) is 0 Å². The lowest BCUT2D eigenvalue weighted by atomic mass is 9.97. The summed E-state index contributed by atoms with van der Waals surface area (Å²) >= 11 is 0. The monoisotopic (exact) mass is 310 g/mol. The highest BCUT2D eigenvalue weighted by molar-refractivity contribution is 5.90. The van der Waals surface area contributed by atoms with Crippen LogP contribution < -0.4 is 10.6 Å².